The van der Waals surface area contributed by atoms with Crippen LogP contribution in [0.4, 0.5) is 5.69 Å². The first-order chi connectivity index (χ1) is 13.6. The molecule has 0 aliphatic heterocycles. The number of aromatic nitrogens is 2. The second-order valence-electron chi connectivity index (χ2n) is 6.07. The standard InChI is InChI=1S/C21H22N4O3/c1-3-15-9-7-8-12-17(15)23-19(26)13-22-21(27)20-18(28-2)14-25(24-20)16-10-5-4-6-11-16/h4-12,14H,3,13H2,1-2H3,(H,22,27)(H,23,26). The molecule has 7 nitrogen and oxygen atoms in total. The van der Waals surface area contributed by atoms with E-state index in [2.05, 4.69) is 15.7 Å². The van der Waals surface area contributed by atoms with Crippen molar-refractivity contribution in [2.75, 3.05) is 19.0 Å². The van der Waals surface area contributed by atoms with Gasteiger partial charge in [-0.3, -0.25) is 9.59 Å². The molecule has 7 heteroatoms. The molecule has 0 saturated carbocycles. The maximum Gasteiger partial charge on any atom is 0.276 e. The van der Waals surface area contributed by atoms with Crippen LogP contribution in [0.1, 0.15) is 23.0 Å². The van der Waals surface area contributed by atoms with E-state index in [0.717, 1.165) is 23.4 Å². The number of aryl methyl sites for hydroxylation is 1. The van der Waals surface area contributed by atoms with Crippen molar-refractivity contribution in [3.05, 3.63) is 72.1 Å². The number of hydrogen-bond donors (Lipinski definition) is 2. The van der Waals surface area contributed by atoms with Crippen molar-refractivity contribution in [1.29, 1.82) is 0 Å². The third-order valence-electron chi connectivity index (χ3n) is 4.22. The molecule has 0 saturated heterocycles. The fourth-order valence-electron chi connectivity index (χ4n) is 2.77. The predicted octanol–water partition coefficient (Wildman–Crippen LogP) is 2.81. The normalized spacial score (nSPS) is 10.4. The van der Waals surface area contributed by atoms with Gasteiger partial charge < -0.3 is 15.4 Å². The number of methoxy groups -OCH3 is 1. The number of anilines is 1. The summed E-state index contributed by atoms with van der Waals surface area (Å²) in [6, 6.07) is 17.0. The highest BCUT2D eigenvalue weighted by Crippen LogP contribution is 2.19. The summed E-state index contributed by atoms with van der Waals surface area (Å²) in [6.45, 7) is 1.85. The summed E-state index contributed by atoms with van der Waals surface area (Å²) in [5.74, 6) is -0.459. The third-order valence-corrected chi connectivity index (χ3v) is 4.22. The zero-order valence-corrected chi connectivity index (χ0v) is 15.8. The summed E-state index contributed by atoms with van der Waals surface area (Å²) in [5, 5.41) is 9.70. The van der Waals surface area contributed by atoms with Gasteiger partial charge in [-0.25, -0.2) is 4.68 Å². The average Bonchev–Trinajstić information content (AvgIpc) is 3.18. The lowest BCUT2D eigenvalue weighted by Crippen LogP contribution is -2.33. The summed E-state index contributed by atoms with van der Waals surface area (Å²) in [5.41, 5.74) is 2.70. The molecular formula is C21H22N4O3. The molecular weight excluding hydrogens is 356 g/mol. The summed E-state index contributed by atoms with van der Waals surface area (Å²) >= 11 is 0. The molecule has 1 aromatic heterocycles. The Bertz CT molecular complexity index is 967. The number of carbonyl (C=O) groups is 2. The van der Waals surface area contributed by atoms with Crippen molar-refractivity contribution in [3.63, 3.8) is 0 Å². The number of rotatable bonds is 7. The number of nitrogens with one attached hydrogen (secondary N) is 2. The number of hydrogen-bond acceptors (Lipinski definition) is 4. The molecule has 2 aromatic carbocycles. The van der Waals surface area contributed by atoms with Crippen LogP contribution in [-0.4, -0.2) is 35.2 Å². The first kappa shape index (κ1) is 19.2. The van der Waals surface area contributed by atoms with Gasteiger partial charge in [0.25, 0.3) is 5.91 Å². The SMILES string of the molecule is CCc1ccccc1NC(=O)CNC(=O)c1nn(-c2ccccc2)cc1OC. The first-order valence-corrected chi connectivity index (χ1v) is 8.97. The molecule has 0 bridgehead atoms. The Morgan fingerprint density at radius 1 is 1.07 bits per heavy atom. The molecule has 2 amide bonds. The molecule has 0 atom stereocenters. The number of benzene rings is 2. The van der Waals surface area contributed by atoms with Gasteiger partial charge in [0.15, 0.2) is 11.4 Å². The van der Waals surface area contributed by atoms with Crippen LogP contribution in [0.2, 0.25) is 0 Å². The molecule has 3 aromatic rings. The van der Waals surface area contributed by atoms with E-state index in [1.54, 1.807) is 10.9 Å². The number of ether oxygens (including phenoxy) is 1. The monoisotopic (exact) mass is 378 g/mol. The minimum Gasteiger partial charge on any atom is -0.493 e. The van der Waals surface area contributed by atoms with Crippen molar-refractivity contribution in [3.8, 4) is 11.4 Å². The van der Waals surface area contributed by atoms with Crippen molar-refractivity contribution in [2.45, 2.75) is 13.3 Å². The zero-order chi connectivity index (χ0) is 19.9. The minimum atomic E-state index is -0.481. The third kappa shape index (κ3) is 4.37. The van der Waals surface area contributed by atoms with Gasteiger partial charge in [0.2, 0.25) is 5.91 Å². The van der Waals surface area contributed by atoms with E-state index >= 15 is 0 Å². The summed E-state index contributed by atoms with van der Waals surface area (Å²) in [7, 11) is 1.47. The lowest BCUT2D eigenvalue weighted by molar-refractivity contribution is -0.115. The molecule has 2 N–H and O–H groups in total. The van der Waals surface area contributed by atoms with E-state index in [4.69, 9.17) is 4.74 Å². The molecule has 1 heterocycles. The van der Waals surface area contributed by atoms with Crippen LogP contribution in [0.5, 0.6) is 5.75 Å². The molecule has 0 spiro atoms. The van der Waals surface area contributed by atoms with Crippen LogP contribution in [-0.2, 0) is 11.2 Å². The van der Waals surface area contributed by atoms with E-state index in [1.807, 2.05) is 61.5 Å². The van der Waals surface area contributed by atoms with Crippen LogP contribution in [0.25, 0.3) is 5.69 Å². The van der Waals surface area contributed by atoms with Crippen LogP contribution >= 0.6 is 0 Å². The Balaban J connectivity index is 1.66. The van der Waals surface area contributed by atoms with E-state index in [-0.39, 0.29) is 18.1 Å². The van der Waals surface area contributed by atoms with E-state index in [0.29, 0.717) is 5.75 Å². The molecule has 0 aliphatic carbocycles. The second kappa shape index (κ2) is 8.85. The van der Waals surface area contributed by atoms with Gasteiger partial charge in [-0.05, 0) is 30.2 Å². The van der Waals surface area contributed by atoms with E-state index in [1.165, 1.54) is 7.11 Å². The molecule has 28 heavy (non-hydrogen) atoms. The summed E-state index contributed by atoms with van der Waals surface area (Å²) in [6.07, 6.45) is 2.43. The van der Waals surface area contributed by atoms with Crippen molar-refractivity contribution >= 4 is 17.5 Å². The highest BCUT2D eigenvalue weighted by atomic mass is 16.5. The van der Waals surface area contributed by atoms with Crippen molar-refractivity contribution in [1.82, 2.24) is 15.1 Å². The molecule has 0 unspecified atom stereocenters. The van der Waals surface area contributed by atoms with Gasteiger partial charge in [-0.15, -0.1) is 0 Å². The molecule has 0 radical (unpaired) electrons. The van der Waals surface area contributed by atoms with Gasteiger partial charge >= 0.3 is 0 Å². The smallest absolute Gasteiger partial charge is 0.276 e. The maximum atomic E-state index is 12.5. The van der Waals surface area contributed by atoms with Crippen LogP contribution in [0.3, 0.4) is 0 Å². The Morgan fingerprint density at radius 2 is 1.79 bits per heavy atom. The van der Waals surface area contributed by atoms with Gasteiger partial charge in [-0.1, -0.05) is 43.3 Å². The summed E-state index contributed by atoms with van der Waals surface area (Å²) < 4.78 is 6.82. The van der Waals surface area contributed by atoms with Crippen LogP contribution in [0.15, 0.2) is 60.8 Å². The van der Waals surface area contributed by atoms with Gasteiger partial charge in [0, 0.05) is 5.69 Å². The first-order valence-electron chi connectivity index (χ1n) is 8.97. The highest BCUT2D eigenvalue weighted by molar-refractivity contribution is 5.99. The lowest BCUT2D eigenvalue weighted by atomic mass is 10.1. The largest absolute Gasteiger partial charge is 0.493 e. The Kier molecular flexibility index (Phi) is 6.06. The Morgan fingerprint density at radius 3 is 2.50 bits per heavy atom. The Labute approximate surface area is 163 Å². The molecule has 0 aliphatic rings. The fraction of sp³-hybridized carbons (Fsp3) is 0.190. The number of carbonyl (C=O) groups excluding carboxylic acids is 2. The molecule has 0 fully saturated rings. The average molecular weight is 378 g/mol. The summed E-state index contributed by atoms with van der Waals surface area (Å²) in [4.78, 5) is 24.7. The van der Waals surface area contributed by atoms with E-state index < -0.39 is 5.91 Å². The number of amides is 2. The second-order valence-corrected chi connectivity index (χ2v) is 6.07. The molecule has 144 valence electrons. The lowest BCUT2D eigenvalue weighted by Gasteiger charge is -2.10. The van der Waals surface area contributed by atoms with Crippen molar-refractivity contribution in [2.24, 2.45) is 0 Å². The molecule has 3 rings (SSSR count). The number of para-hydroxylation sites is 2. The van der Waals surface area contributed by atoms with Gasteiger partial charge in [0.05, 0.1) is 25.5 Å². The van der Waals surface area contributed by atoms with E-state index in [9.17, 15) is 9.59 Å². The number of nitrogens with zero attached hydrogens (tertiary/aromatic N) is 2. The quantitative estimate of drug-likeness (QED) is 0.662. The fourth-order valence-corrected chi connectivity index (χ4v) is 2.77. The Hall–Kier alpha value is -3.61. The zero-order valence-electron chi connectivity index (χ0n) is 15.8. The van der Waals surface area contributed by atoms with Crippen molar-refractivity contribution < 1.29 is 14.3 Å². The van der Waals surface area contributed by atoms with Gasteiger partial charge in [0.1, 0.15) is 0 Å². The highest BCUT2D eigenvalue weighted by Gasteiger charge is 2.19. The van der Waals surface area contributed by atoms with Gasteiger partial charge in [-0.2, -0.15) is 5.10 Å². The topological polar surface area (TPSA) is 85.3 Å². The van der Waals surface area contributed by atoms with Crippen LogP contribution < -0.4 is 15.4 Å². The van der Waals surface area contributed by atoms with Crippen LogP contribution in [0, 0.1) is 0 Å². The minimum absolute atomic E-state index is 0.119. The maximum absolute atomic E-state index is 12.5. The predicted molar refractivity (Wildman–Crippen MR) is 107 cm³/mol.